The minimum absolute atomic E-state index is 0.410. The number of methoxy groups -OCH3 is 1. The van der Waals surface area contributed by atoms with Gasteiger partial charge in [0, 0.05) is 6.07 Å². The Morgan fingerprint density at radius 3 is 2.81 bits per heavy atom. The molecule has 0 amide bonds. The van der Waals surface area contributed by atoms with Gasteiger partial charge in [-0.3, -0.25) is 0 Å². The van der Waals surface area contributed by atoms with Crippen LogP contribution in [0.2, 0.25) is 0 Å². The molecule has 0 N–H and O–H groups in total. The van der Waals surface area contributed by atoms with Crippen molar-refractivity contribution < 1.29 is 13.9 Å². The molecule has 2 rings (SSSR count). The van der Waals surface area contributed by atoms with Crippen molar-refractivity contribution in [1.82, 2.24) is 0 Å². The van der Waals surface area contributed by atoms with Gasteiger partial charge in [-0.1, -0.05) is 20.3 Å². The summed E-state index contributed by atoms with van der Waals surface area (Å²) in [5, 5.41) is 0.791. The average Bonchev–Trinajstić information content (AvgIpc) is 2.50. The first-order valence-corrected chi connectivity index (χ1v) is 7.38. The lowest BCUT2D eigenvalue weighted by Crippen LogP contribution is -2.04. The maximum atomic E-state index is 11.6. The largest absolute Gasteiger partial charge is 0.497 e. The van der Waals surface area contributed by atoms with Gasteiger partial charge in [0.2, 0.25) is 0 Å². The Hall–Kier alpha value is -1.97. The molecule has 0 saturated heterocycles. The van der Waals surface area contributed by atoms with Gasteiger partial charge in [0.15, 0.2) is 0 Å². The Balaban J connectivity index is 2.13. The third kappa shape index (κ3) is 4.00. The normalized spacial score (nSPS) is 12.3. The number of fused-ring (bicyclic) bond motifs is 1. The van der Waals surface area contributed by atoms with Crippen molar-refractivity contribution in [1.29, 1.82) is 0 Å². The van der Waals surface area contributed by atoms with Gasteiger partial charge in [0.1, 0.15) is 17.1 Å². The highest BCUT2D eigenvalue weighted by Crippen LogP contribution is 2.27. The summed E-state index contributed by atoms with van der Waals surface area (Å²) in [6, 6.07) is 6.77. The monoisotopic (exact) mass is 290 g/mol. The van der Waals surface area contributed by atoms with Gasteiger partial charge in [-0.25, -0.2) is 4.79 Å². The number of hydrogen-bond donors (Lipinski definition) is 0. The lowest BCUT2D eigenvalue weighted by Gasteiger charge is -2.11. The molecule has 0 aliphatic heterocycles. The second-order valence-corrected chi connectivity index (χ2v) is 5.30. The van der Waals surface area contributed by atoms with Crippen LogP contribution < -0.4 is 15.1 Å². The molecule has 1 heterocycles. The molecule has 1 atom stereocenters. The quantitative estimate of drug-likeness (QED) is 0.571. The first kappa shape index (κ1) is 15.4. The van der Waals surface area contributed by atoms with E-state index in [1.807, 2.05) is 12.1 Å². The van der Waals surface area contributed by atoms with Crippen LogP contribution in [0.5, 0.6) is 11.5 Å². The number of benzene rings is 1. The van der Waals surface area contributed by atoms with Crippen LogP contribution in [0.4, 0.5) is 0 Å². The lowest BCUT2D eigenvalue weighted by molar-refractivity contribution is 0.295. The van der Waals surface area contributed by atoms with E-state index in [-0.39, 0.29) is 0 Å². The van der Waals surface area contributed by atoms with Crippen LogP contribution in [0.1, 0.15) is 33.1 Å². The van der Waals surface area contributed by atoms with Crippen LogP contribution in [0, 0.1) is 5.92 Å². The number of hydrogen-bond acceptors (Lipinski definition) is 4. The minimum Gasteiger partial charge on any atom is -0.497 e. The Bertz CT molecular complexity index is 645. The van der Waals surface area contributed by atoms with E-state index < -0.39 is 5.63 Å². The van der Waals surface area contributed by atoms with Crippen molar-refractivity contribution in [2.75, 3.05) is 13.7 Å². The Kier molecular flexibility index (Phi) is 5.26. The molecule has 2 aromatic rings. The Morgan fingerprint density at radius 2 is 2.10 bits per heavy atom. The summed E-state index contributed by atoms with van der Waals surface area (Å²) in [6.45, 7) is 5.03. The van der Waals surface area contributed by atoms with Gasteiger partial charge in [-0.05, 0) is 30.9 Å². The molecule has 0 bridgehead atoms. The molecule has 4 heteroatoms. The number of ether oxygens (including phenoxy) is 2. The molecule has 0 spiro atoms. The van der Waals surface area contributed by atoms with Gasteiger partial charge in [0.25, 0.3) is 0 Å². The van der Waals surface area contributed by atoms with E-state index in [1.165, 1.54) is 12.5 Å². The van der Waals surface area contributed by atoms with Crippen molar-refractivity contribution in [2.24, 2.45) is 5.92 Å². The summed E-state index contributed by atoms with van der Waals surface area (Å²) in [5.41, 5.74) is 0.0754. The lowest BCUT2D eigenvalue weighted by atomic mass is 10.0. The highest BCUT2D eigenvalue weighted by atomic mass is 16.5. The molecule has 1 aromatic carbocycles. The topological polar surface area (TPSA) is 48.7 Å². The smallest absolute Gasteiger partial charge is 0.339 e. The number of rotatable bonds is 7. The molecular formula is C17H22O4. The van der Waals surface area contributed by atoms with Crippen LogP contribution in [0.15, 0.2) is 33.5 Å². The third-order valence-electron chi connectivity index (χ3n) is 3.71. The van der Waals surface area contributed by atoms with Gasteiger partial charge >= 0.3 is 5.63 Å². The van der Waals surface area contributed by atoms with Crippen LogP contribution in [0.25, 0.3) is 11.0 Å². The first-order chi connectivity index (χ1) is 10.1. The van der Waals surface area contributed by atoms with Gasteiger partial charge in [-0.15, -0.1) is 0 Å². The summed E-state index contributed by atoms with van der Waals surface area (Å²) in [5.74, 6) is 1.93. The van der Waals surface area contributed by atoms with Crippen LogP contribution in [-0.2, 0) is 0 Å². The van der Waals surface area contributed by atoms with Gasteiger partial charge in [0.05, 0.1) is 25.2 Å². The van der Waals surface area contributed by atoms with E-state index in [4.69, 9.17) is 13.9 Å². The zero-order chi connectivity index (χ0) is 15.2. The highest BCUT2D eigenvalue weighted by Gasteiger charge is 2.08. The van der Waals surface area contributed by atoms with E-state index in [9.17, 15) is 4.79 Å². The first-order valence-electron chi connectivity index (χ1n) is 7.38. The summed E-state index contributed by atoms with van der Waals surface area (Å²) in [4.78, 5) is 11.6. The predicted molar refractivity (Wildman–Crippen MR) is 83.2 cm³/mol. The fourth-order valence-electron chi connectivity index (χ4n) is 2.18. The van der Waals surface area contributed by atoms with Crippen molar-refractivity contribution >= 4 is 11.0 Å². The summed E-state index contributed by atoms with van der Waals surface area (Å²) < 4.78 is 16.1. The van der Waals surface area contributed by atoms with Crippen LogP contribution >= 0.6 is 0 Å². The zero-order valence-electron chi connectivity index (χ0n) is 12.8. The van der Waals surface area contributed by atoms with Crippen molar-refractivity contribution in [2.45, 2.75) is 33.1 Å². The molecule has 1 unspecified atom stereocenters. The molecule has 1 aromatic heterocycles. The minimum atomic E-state index is -0.410. The molecule has 0 aliphatic rings. The van der Waals surface area contributed by atoms with Crippen LogP contribution in [-0.4, -0.2) is 13.7 Å². The van der Waals surface area contributed by atoms with E-state index in [0.717, 1.165) is 18.2 Å². The third-order valence-corrected chi connectivity index (χ3v) is 3.71. The van der Waals surface area contributed by atoms with E-state index in [0.29, 0.717) is 29.6 Å². The SMILES string of the molecule is CCC(C)CCCOc1cc(=O)oc2cc(OC)ccc12. The van der Waals surface area contributed by atoms with E-state index >= 15 is 0 Å². The molecule has 0 fully saturated rings. The van der Waals surface area contributed by atoms with E-state index in [2.05, 4.69) is 13.8 Å². The Morgan fingerprint density at radius 1 is 1.29 bits per heavy atom. The standard InChI is InChI=1S/C17H22O4/c1-4-12(2)6-5-9-20-15-11-17(18)21-16-10-13(19-3)7-8-14(15)16/h7-8,10-12H,4-6,9H2,1-3H3. The molecule has 0 saturated carbocycles. The van der Waals surface area contributed by atoms with Gasteiger partial charge < -0.3 is 13.9 Å². The van der Waals surface area contributed by atoms with Crippen molar-refractivity contribution in [3.63, 3.8) is 0 Å². The molecule has 0 radical (unpaired) electrons. The highest BCUT2D eigenvalue weighted by molar-refractivity contribution is 5.84. The molecule has 21 heavy (non-hydrogen) atoms. The molecule has 114 valence electrons. The molecular weight excluding hydrogens is 268 g/mol. The maximum Gasteiger partial charge on any atom is 0.339 e. The molecule has 4 nitrogen and oxygen atoms in total. The van der Waals surface area contributed by atoms with Gasteiger partial charge in [-0.2, -0.15) is 0 Å². The molecule has 0 aliphatic carbocycles. The fourth-order valence-corrected chi connectivity index (χ4v) is 2.18. The zero-order valence-corrected chi connectivity index (χ0v) is 12.8. The Labute approximate surface area is 124 Å². The fraction of sp³-hybridized carbons (Fsp3) is 0.471. The van der Waals surface area contributed by atoms with Crippen LogP contribution in [0.3, 0.4) is 0 Å². The van der Waals surface area contributed by atoms with Crippen molar-refractivity contribution in [3.05, 3.63) is 34.7 Å². The predicted octanol–water partition coefficient (Wildman–Crippen LogP) is 4.01. The average molecular weight is 290 g/mol. The second kappa shape index (κ2) is 7.16. The summed E-state index contributed by atoms with van der Waals surface area (Å²) in [6.07, 6.45) is 3.29. The summed E-state index contributed by atoms with van der Waals surface area (Å²) in [7, 11) is 1.58. The summed E-state index contributed by atoms with van der Waals surface area (Å²) >= 11 is 0. The van der Waals surface area contributed by atoms with E-state index in [1.54, 1.807) is 13.2 Å². The maximum absolute atomic E-state index is 11.6. The van der Waals surface area contributed by atoms with Crippen molar-refractivity contribution in [3.8, 4) is 11.5 Å². The second-order valence-electron chi connectivity index (χ2n) is 5.30.